The SMILES string of the molecule is C[C@H](CCC(=O)O)NC(=O)Cn1ccnc1CN(CC(=O)C(C)(C)C)Cc1nccn1CC(=O)N[C@@H](CCC(=O)O)C(=O)O. The second kappa shape index (κ2) is 16.3. The number of carbonyl (C=O) groups is 6. The highest BCUT2D eigenvalue weighted by atomic mass is 16.4. The molecule has 0 aliphatic heterocycles. The average Bonchev–Trinajstić information content (AvgIpc) is 3.53. The minimum atomic E-state index is -1.37. The van der Waals surface area contributed by atoms with Crippen LogP contribution in [0.2, 0.25) is 0 Å². The van der Waals surface area contributed by atoms with Gasteiger partial charge in [0.05, 0.1) is 19.6 Å². The second-order valence-electron chi connectivity index (χ2n) is 11.6. The quantitative estimate of drug-likeness (QED) is 0.145. The molecule has 2 heterocycles. The van der Waals surface area contributed by atoms with E-state index in [4.69, 9.17) is 10.2 Å². The summed E-state index contributed by atoms with van der Waals surface area (Å²) in [6.45, 7) is 6.98. The maximum absolute atomic E-state index is 13.0. The van der Waals surface area contributed by atoms with Crippen LogP contribution in [0, 0.1) is 5.41 Å². The Morgan fingerprint density at radius 2 is 1.30 bits per heavy atom. The third-order valence-corrected chi connectivity index (χ3v) is 6.64. The fourth-order valence-electron chi connectivity index (χ4n) is 4.09. The Balaban J connectivity index is 2.17. The van der Waals surface area contributed by atoms with Crippen molar-refractivity contribution < 1.29 is 44.1 Å². The van der Waals surface area contributed by atoms with Crippen molar-refractivity contribution in [1.82, 2.24) is 34.6 Å². The van der Waals surface area contributed by atoms with E-state index in [-0.39, 0.29) is 69.7 Å². The van der Waals surface area contributed by atoms with Crippen LogP contribution in [0.3, 0.4) is 0 Å². The summed E-state index contributed by atoms with van der Waals surface area (Å²) >= 11 is 0. The van der Waals surface area contributed by atoms with Gasteiger partial charge in [0.15, 0.2) is 5.78 Å². The van der Waals surface area contributed by atoms with Crippen LogP contribution in [-0.2, 0) is 54.9 Å². The van der Waals surface area contributed by atoms with Gasteiger partial charge in [0.2, 0.25) is 11.8 Å². The molecule has 0 saturated heterocycles. The topological polar surface area (TPSA) is 226 Å². The van der Waals surface area contributed by atoms with Gasteiger partial charge in [-0.1, -0.05) is 20.8 Å². The molecule has 5 N–H and O–H groups in total. The Bertz CT molecular complexity index is 1330. The minimum Gasteiger partial charge on any atom is -0.481 e. The lowest BCUT2D eigenvalue weighted by molar-refractivity contribution is -0.143. The highest BCUT2D eigenvalue weighted by molar-refractivity contribution is 5.85. The number of hydrogen-bond acceptors (Lipinski definition) is 9. The van der Waals surface area contributed by atoms with Crippen molar-refractivity contribution in [3.63, 3.8) is 0 Å². The number of hydrogen-bond donors (Lipinski definition) is 5. The van der Waals surface area contributed by atoms with Gasteiger partial charge in [-0.2, -0.15) is 0 Å². The zero-order valence-corrected chi connectivity index (χ0v) is 25.4. The van der Waals surface area contributed by atoms with Gasteiger partial charge in [0, 0.05) is 49.1 Å². The van der Waals surface area contributed by atoms with Crippen molar-refractivity contribution in [2.45, 2.75) is 91.6 Å². The highest BCUT2D eigenvalue weighted by Gasteiger charge is 2.26. The number of rotatable bonds is 19. The third kappa shape index (κ3) is 12.3. The predicted octanol–water partition coefficient (Wildman–Crippen LogP) is 0.501. The molecule has 0 bridgehead atoms. The largest absolute Gasteiger partial charge is 0.481 e. The normalized spacial score (nSPS) is 12.8. The molecule has 2 rings (SSSR count). The van der Waals surface area contributed by atoms with E-state index in [1.807, 2.05) is 0 Å². The summed E-state index contributed by atoms with van der Waals surface area (Å²) in [6, 6.07) is -1.71. The molecule has 2 aromatic heterocycles. The van der Waals surface area contributed by atoms with Gasteiger partial charge < -0.3 is 35.1 Å². The Kier molecular flexibility index (Phi) is 13.2. The maximum Gasteiger partial charge on any atom is 0.326 e. The molecule has 16 heteroatoms. The van der Waals surface area contributed by atoms with Crippen LogP contribution in [0.15, 0.2) is 24.8 Å². The van der Waals surface area contributed by atoms with Gasteiger partial charge in [0.1, 0.15) is 30.8 Å². The number of nitrogens with one attached hydrogen (secondary N) is 2. The first kappa shape index (κ1) is 35.6. The lowest BCUT2D eigenvalue weighted by Crippen LogP contribution is -2.42. The molecule has 0 unspecified atom stereocenters. The first-order valence-electron chi connectivity index (χ1n) is 14.1. The van der Waals surface area contributed by atoms with E-state index in [9.17, 15) is 33.9 Å². The summed E-state index contributed by atoms with van der Waals surface area (Å²) in [7, 11) is 0. The number of aliphatic carboxylic acids is 3. The molecule has 16 nitrogen and oxygen atoms in total. The van der Waals surface area contributed by atoms with Crippen LogP contribution in [0.4, 0.5) is 0 Å². The van der Waals surface area contributed by atoms with Gasteiger partial charge in [0.25, 0.3) is 0 Å². The molecule has 2 atom stereocenters. The summed E-state index contributed by atoms with van der Waals surface area (Å²) in [4.78, 5) is 81.9. The van der Waals surface area contributed by atoms with Crippen LogP contribution in [0.25, 0.3) is 0 Å². The fourth-order valence-corrected chi connectivity index (χ4v) is 4.09. The second-order valence-corrected chi connectivity index (χ2v) is 11.6. The zero-order chi connectivity index (χ0) is 33.0. The number of nitrogens with zero attached hydrogens (tertiary/aromatic N) is 5. The van der Waals surface area contributed by atoms with Crippen molar-refractivity contribution >= 4 is 35.5 Å². The molecule has 0 fully saturated rings. The molecular weight excluding hydrogens is 578 g/mol. The first-order chi connectivity index (χ1) is 20.5. The van der Waals surface area contributed by atoms with E-state index in [1.165, 1.54) is 23.2 Å². The van der Waals surface area contributed by atoms with Crippen molar-refractivity contribution in [1.29, 1.82) is 0 Å². The van der Waals surface area contributed by atoms with Crippen molar-refractivity contribution in [2.75, 3.05) is 6.54 Å². The number of imidazole rings is 2. The van der Waals surface area contributed by atoms with Gasteiger partial charge in [-0.05, 0) is 19.8 Å². The number of carbonyl (C=O) groups excluding carboxylic acids is 3. The summed E-state index contributed by atoms with van der Waals surface area (Å²) < 4.78 is 3.12. The molecule has 0 aliphatic rings. The smallest absolute Gasteiger partial charge is 0.326 e. The Hall–Kier alpha value is -4.60. The predicted molar refractivity (Wildman–Crippen MR) is 154 cm³/mol. The molecule has 44 heavy (non-hydrogen) atoms. The number of carboxylic acids is 3. The molecule has 0 radical (unpaired) electrons. The summed E-state index contributed by atoms with van der Waals surface area (Å²) in [5.41, 5.74) is -0.656. The van der Waals surface area contributed by atoms with E-state index in [0.717, 1.165) is 0 Å². The number of aromatic nitrogens is 4. The third-order valence-electron chi connectivity index (χ3n) is 6.64. The Labute approximate surface area is 254 Å². The fraction of sp³-hybridized carbons (Fsp3) is 0.571. The number of carboxylic acid groups (broad SMARTS) is 3. The lowest BCUT2D eigenvalue weighted by Gasteiger charge is -2.26. The summed E-state index contributed by atoms with van der Waals surface area (Å²) in [6.07, 6.45) is 5.64. The van der Waals surface area contributed by atoms with Crippen LogP contribution in [-0.4, -0.2) is 93.5 Å². The molecule has 242 valence electrons. The van der Waals surface area contributed by atoms with E-state index < -0.39 is 41.7 Å². The van der Waals surface area contributed by atoms with Crippen molar-refractivity contribution in [2.24, 2.45) is 5.41 Å². The Morgan fingerprint density at radius 1 is 0.818 bits per heavy atom. The minimum absolute atomic E-state index is 0.00408. The number of amides is 2. The van der Waals surface area contributed by atoms with E-state index in [1.54, 1.807) is 43.4 Å². The molecule has 2 amide bonds. The first-order valence-corrected chi connectivity index (χ1v) is 14.1. The van der Waals surface area contributed by atoms with E-state index in [2.05, 4.69) is 20.6 Å². The van der Waals surface area contributed by atoms with Gasteiger partial charge in [-0.25, -0.2) is 14.8 Å². The standard InChI is InChI=1S/C28H41N7O9/c1-18(5-7-25(39)40)31-23(37)16-34-11-9-29-21(34)14-33(13-20(36)28(2,3)4)15-22-30-10-12-35(22)17-24(38)32-19(27(43)44)6-8-26(41)42/h9-12,18-19H,5-8,13-17H2,1-4H3,(H,31,37)(H,32,38)(H,39,40)(H,41,42)(H,43,44)/t18-,19+/m1/s1. The van der Waals surface area contributed by atoms with Crippen LogP contribution >= 0.6 is 0 Å². The monoisotopic (exact) mass is 619 g/mol. The molecule has 0 aromatic carbocycles. The summed E-state index contributed by atoms with van der Waals surface area (Å²) in [5.74, 6) is -3.65. The molecule has 2 aromatic rings. The molecule has 0 aliphatic carbocycles. The Morgan fingerprint density at radius 3 is 1.75 bits per heavy atom. The molecule has 0 saturated carbocycles. The van der Waals surface area contributed by atoms with Gasteiger partial charge >= 0.3 is 17.9 Å². The van der Waals surface area contributed by atoms with Crippen LogP contribution in [0.1, 0.15) is 65.0 Å². The zero-order valence-electron chi connectivity index (χ0n) is 25.4. The average molecular weight is 620 g/mol. The van der Waals surface area contributed by atoms with E-state index >= 15 is 0 Å². The van der Waals surface area contributed by atoms with Crippen molar-refractivity contribution in [3.05, 3.63) is 36.4 Å². The number of ketones is 1. The van der Waals surface area contributed by atoms with Crippen molar-refractivity contribution in [3.8, 4) is 0 Å². The molecule has 0 spiro atoms. The van der Waals surface area contributed by atoms with Gasteiger partial charge in [-0.15, -0.1) is 0 Å². The van der Waals surface area contributed by atoms with Crippen LogP contribution < -0.4 is 10.6 Å². The lowest BCUT2D eigenvalue weighted by atomic mass is 9.90. The van der Waals surface area contributed by atoms with Crippen LogP contribution in [0.5, 0.6) is 0 Å². The number of Topliss-reactive ketones (excluding diaryl/α,β-unsaturated/α-hetero) is 1. The molecular formula is C28H41N7O9. The van der Waals surface area contributed by atoms with E-state index in [0.29, 0.717) is 11.6 Å². The summed E-state index contributed by atoms with van der Waals surface area (Å²) in [5, 5.41) is 32.2. The maximum atomic E-state index is 13.0. The van der Waals surface area contributed by atoms with Gasteiger partial charge in [-0.3, -0.25) is 28.9 Å². The highest BCUT2D eigenvalue weighted by Crippen LogP contribution is 2.17.